The molecule has 1 aliphatic rings. The van der Waals surface area contributed by atoms with Crippen molar-refractivity contribution in [2.24, 2.45) is 5.41 Å². The molecule has 2 rings (SSSR count). The smallest absolute Gasteiger partial charge is 0.0746 e. The van der Waals surface area contributed by atoms with Gasteiger partial charge < -0.3 is 5.32 Å². The van der Waals surface area contributed by atoms with Gasteiger partial charge in [-0.25, -0.2) is 0 Å². The van der Waals surface area contributed by atoms with E-state index < -0.39 is 0 Å². The zero-order valence-electron chi connectivity index (χ0n) is 11.4. The molecule has 1 aromatic rings. The summed E-state index contributed by atoms with van der Waals surface area (Å²) >= 11 is 0. The lowest BCUT2D eigenvalue weighted by Gasteiger charge is -2.35. The molecule has 96 valence electrons. The van der Waals surface area contributed by atoms with E-state index in [1.54, 1.807) is 0 Å². The van der Waals surface area contributed by atoms with Crippen LogP contribution in [0.4, 0.5) is 5.69 Å². The van der Waals surface area contributed by atoms with Crippen LogP contribution in [0.3, 0.4) is 0 Å². The highest BCUT2D eigenvalue weighted by Crippen LogP contribution is 2.40. The first kappa shape index (κ1) is 13.0. The summed E-state index contributed by atoms with van der Waals surface area (Å²) < 4.78 is 0. The van der Waals surface area contributed by atoms with Crippen molar-refractivity contribution in [3.63, 3.8) is 0 Å². The van der Waals surface area contributed by atoms with Crippen LogP contribution in [0.25, 0.3) is 0 Å². The Morgan fingerprint density at radius 2 is 2.00 bits per heavy atom. The number of benzene rings is 1. The van der Waals surface area contributed by atoms with Crippen molar-refractivity contribution < 1.29 is 0 Å². The zero-order valence-corrected chi connectivity index (χ0v) is 11.4. The van der Waals surface area contributed by atoms with E-state index in [0.29, 0.717) is 5.92 Å². The van der Waals surface area contributed by atoms with Gasteiger partial charge in [0, 0.05) is 12.2 Å². The van der Waals surface area contributed by atoms with Gasteiger partial charge in [0.05, 0.1) is 11.5 Å². The average molecular weight is 242 g/mol. The molecule has 1 saturated carbocycles. The monoisotopic (exact) mass is 242 g/mol. The molecule has 1 N–H and O–H groups in total. The summed E-state index contributed by atoms with van der Waals surface area (Å²) in [6.45, 7) is 5.25. The predicted molar refractivity (Wildman–Crippen MR) is 75.5 cm³/mol. The normalized spacial score (nSPS) is 18.5. The van der Waals surface area contributed by atoms with Crippen LogP contribution in [-0.4, -0.2) is 6.54 Å². The van der Waals surface area contributed by atoms with Gasteiger partial charge in [-0.2, -0.15) is 5.26 Å². The summed E-state index contributed by atoms with van der Waals surface area (Å²) in [5, 5.41) is 12.6. The summed E-state index contributed by atoms with van der Waals surface area (Å²) in [5.74, 6) is 0.621. The second-order valence-electron chi connectivity index (χ2n) is 5.53. The lowest BCUT2D eigenvalue weighted by molar-refractivity contribution is 0.233. The lowest BCUT2D eigenvalue weighted by atomic mass is 9.70. The number of hydrogen-bond donors (Lipinski definition) is 1. The lowest BCUT2D eigenvalue weighted by Crippen LogP contribution is -2.34. The maximum absolute atomic E-state index is 9.17. The summed E-state index contributed by atoms with van der Waals surface area (Å²) in [6.07, 6.45) is 4.45. The minimum Gasteiger partial charge on any atom is -0.383 e. The van der Waals surface area contributed by atoms with Crippen molar-refractivity contribution in [3.8, 4) is 6.07 Å². The molecule has 1 unspecified atom stereocenters. The molecule has 1 aromatic carbocycles. The Morgan fingerprint density at radius 3 is 2.44 bits per heavy atom. The van der Waals surface area contributed by atoms with E-state index in [9.17, 15) is 5.26 Å². The maximum Gasteiger partial charge on any atom is 0.0746 e. The minimum absolute atomic E-state index is 0.102. The van der Waals surface area contributed by atoms with Gasteiger partial charge in [0.2, 0.25) is 0 Å². The highest BCUT2D eigenvalue weighted by Gasteiger charge is 2.36. The van der Waals surface area contributed by atoms with Crippen LogP contribution >= 0.6 is 0 Å². The minimum atomic E-state index is -0.102. The van der Waals surface area contributed by atoms with E-state index in [-0.39, 0.29) is 5.41 Å². The number of anilines is 1. The predicted octanol–water partition coefficient (Wildman–Crippen LogP) is 4.31. The maximum atomic E-state index is 9.17. The second kappa shape index (κ2) is 5.44. The molecule has 0 amide bonds. The van der Waals surface area contributed by atoms with Crippen LogP contribution in [0.15, 0.2) is 24.3 Å². The third-order valence-electron chi connectivity index (χ3n) is 4.27. The number of nitrogens with one attached hydrogen (secondary N) is 1. The zero-order chi connectivity index (χ0) is 13.0. The van der Waals surface area contributed by atoms with E-state index >= 15 is 0 Å². The van der Waals surface area contributed by atoms with Crippen LogP contribution < -0.4 is 5.32 Å². The summed E-state index contributed by atoms with van der Waals surface area (Å²) in [4.78, 5) is 0. The Kier molecular flexibility index (Phi) is 3.91. The van der Waals surface area contributed by atoms with Crippen molar-refractivity contribution in [1.82, 2.24) is 0 Å². The molecule has 0 bridgehead atoms. The molecule has 0 radical (unpaired) electrons. The quantitative estimate of drug-likeness (QED) is 0.835. The van der Waals surface area contributed by atoms with E-state index in [0.717, 1.165) is 25.1 Å². The van der Waals surface area contributed by atoms with Gasteiger partial charge in [-0.15, -0.1) is 0 Å². The van der Waals surface area contributed by atoms with Gasteiger partial charge in [0.15, 0.2) is 0 Å². The Labute approximate surface area is 110 Å². The van der Waals surface area contributed by atoms with E-state index in [4.69, 9.17) is 0 Å². The molecule has 2 nitrogen and oxygen atoms in total. The Bertz CT molecular complexity index is 423. The van der Waals surface area contributed by atoms with Crippen LogP contribution in [0, 0.1) is 16.7 Å². The summed E-state index contributed by atoms with van der Waals surface area (Å²) in [5.41, 5.74) is 2.42. The molecular weight excluding hydrogens is 220 g/mol. The largest absolute Gasteiger partial charge is 0.383 e. The van der Waals surface area contributed by atoms with Crippen LogP contribution in [0.1, 0.15) is 51.0 Å². The standard InChI is InChI=1S/C16H22N2/c1-3-13(2)14-5-7-15(8-6-14)18-12-16(11-17)9-4-10-16/h5-8,13,18H,3-4,9-10,12H2,1-2H3. The molecule has 1 fully saturated rings. The van der Waals surface area contributed by atoms with Gasteiger partial charge in [-0.1, -0.05) is 32.4 Å². The Balaban J connectivity index is 1.93. The number of rotatable bonds is 5. The van der Waals surface area contributed by atoms with Crippen molar-refractivity contribution in [2.75, 3.05) is 11.9 Å². The van der Waals surface area contributed by atoms with E-state index in [1.165, 1.54) is 18.4 Å². The molecule has 0 aliphatic heterocycles. The molecule has 1 aliphatic carbocycles. The van der Waals surface area contributed by atoms with Crippen molar-refractivity contribution in [1.29, 1.82) is 5.26 Å². The summed E-state index contributed by atoms with van der Waals surface area (Å²) in [7, 11) is 0. The first-order valence-corrected chi connectivity index (χ1v) is 6.94. The highest BCUT2D eigenvalue weighted by atomic mass is 14.9. The number of hydrogen-bond acceptors (Lipinski definition) is 2. The third kappa shape index (κ3) is 2.67. The summed E-state index contributed by atoms with van der Waals surface area (Å²) in [6, 6.07) is 11.1. The van der Waals surface area contributed by atoms with Gasteiger partial charge in [0.1, 0.15) is 0 Å². The van der Waals surface area contributed by atoms with Gasteiger partial charge in [0.25, 0.3) is 0 Å². The molecule has 0 spiro atoms. The van der Waals surface area contributed by atoms with Crippen molar-refractivity contribution >= 4 is 5.69 Å². The fourth-order valence-electron chi connectivity index (χ4n) is 2.37. The molecule has 0 heterocycles. The first-order chi connectivity index (χ1) is 8.69. The Hall–Kier alpha value is -1.49. The Morgan fingerprint density at radius 1 is 1.33 bits per heavy atom. The van der Waals surface area contributed by atoms with Crippen molar-refractivity contribution in [3.05, 3.63) is 29.8 Å². The topological polar surface area (TPSA) is 35.8 Å². The molecule has 2 heteroatoms. The second-order valence-corrected chi connectivity index (χ2v) is 5.53. The van der Waals surface area contributed by atoms with Gasteiger partial charge in [-0.05, 0) is 42.9 Å². The van der Waals surface area contributed by atoms with Gasteiger partial charge >= 0.3 is 0 Å². The van der Waals surface area contributed by atoms with Crippen LogP contribution in [0.2, 0.25) is 0 Å². The van der Waals surface area contributed by atoms with E-state index in [1.807, 2.05) is 0 Å². The number of nitriles is 1. The molecule has 1 atom stereocenters. The molecule has 0 saturated heterocycles. The van der Waals surface area contributed by atoms with Crippen LogP contribution in [-0.2, 0) is 0 Å². The van der Waals surface area contributed by atoms with Crippen LogP contribution in [0.5, 0.6) is 0 Å². The van der Waals surface area contributed by atoms with Gasteiger partial charge in [-0.3, -0.25) is 0 Å². The first-order valence-electron chi connectivity index (χ1n) is 6.94. The third-order valence-corrected chi connectivity index (χ3v) is 4.27. The van der Waals surface area contributed by atoms with Crippen molar-refractivity contribution in [2.45, 2.75) is 45.4 Å². The number of nitrogens with zero attached hydrogens (tertiary/aromatic N) is 1. The average Bonchev–Trinajstić information content (AvgIpc) is 2.38. The molecule has 18 heavy (non-hydrogen) atoms. The fourth-order valence-corrected chi connectivity index (χ4v) is 2.37. The van der Waals surface area contributed by atoms with E-state index in [2.05, 4.69) is 49.5 Å². The SMILES string of the molecule is CCC(C)c1ccc(NCC2(C#N)CCC2)cc1. The molecular formula is C16H22N2. The fraction of sp³-hybridized carbons (Fsp3) is 0.562. The highest BCUT2D eigenvalue weighted by molar-refractivity contribution is 5.45. The molecule has 0 aromatic heterocycles.